The minimum absolute atomic E-state index is 0.411. The van der Waals surface area contributed by atoms with Crippen molar-refractivity contribution in [3.05, 3.63) is 35.5 Å². The Balaban J connectivity index is 1.99. The fourth-order valence-corrected chi connectivity index (χ4v) is 3.25. The molecule has 3 rings (SSSR count). The molecule has 0 saturated carbocycles. The first-order chi connectivity index (χ1) is 10.6. The molecule has 0 atom stereocenters. The zero-order valence-corrected chi connectivity index (χ0v) is 13.2. The molecule has 0 spiro atoms. The van der Waals surface area contributed by atoms with Crippen LogP contribution in [-0.4, -0.2) is 58.7 Å². The number of carboxylic acid groups (broad SMARTS) is 1. The summed E-state index contributed by atoms with van der Waals surface area (Å²) in [7, 11) is 2.14. The molecule has 5 heteroatoms. The zero-order valence-electron chi connectivity index (χ0n) is 13.2. The number of benzene rings is 1. The number of hydrogen-bond acceptors (Lipinski definition) is 3. The number of aromatic nitrogens is 1. The van der Waals surface area contributed by atoms with Gasteiger partial charge in [-0.05, 0) is 31.7 Å². The number of rotatable bonds is 4. The third-order valence-corrected chi connectivity index (χ3v) is 4.55. The van der Waals surface area contributed by atoms with Crippen LogP contribution >= 0.6 is 0 Å². The van der Waals surface area contributed by atoms with Crippen LogP contribution in [0.15, 0.2) is 24.4 Å². The largest absolute Gasteiger partial charge is 0.478 e. The van der Waals surface area contributed by atoms with Gasteiger partial charge >= 0.3 is 5.97 Å². The lowest BCUT2D eigenvalue weighted by Gasteiger charge is -2.32. The van der Waals surface area contributed by atoms with E-state index in [9.17, 15) is 9.90 Å². The van der Waals surface area contributed by atoms with Crippen molar-refractivity contribution in [1.29, 1.82) is 0 Å². The van der Waals surface area contributed by atoms with Crippen molar-refractivity contribution in [2.45, 2.75) is 20.0 Å². The van der Waals surface area contributed by atoms with Crippen molar-refractivity contribution >= 4 is 16.9 Å². The van der Waals surface area contributed by atoms with E-state index in [1.165, 1.54) is 0 Å². The van der Waals surface area contributed by atoms with E-state index in [1.807, 2.05) is 12.1 Å². The summed E-state index contributed by atoms with van der Waals surface area (Å²) in [5.41, 5.74) is 2.56. The monoisotopic (exact) mass is 301 g/mol. The van der Waals surface area contributed by atoms with Crippen LogP contribution in [0, 0.1) is 0 Å². The third-order valence-electron chi connectivity index (χ3n) is 4.55. The predicted molar refractivity (Wildman–Crippen MR) is 87.3 cm³/mol. The Morgan fingerprint density at radius 3 is 2.59 bits per heavy atom. The van der Waals surface area contributed by atoms with E-state index in [1.54, 1.807) is 6.07 Å². The van der Waals surface area contributed by atoms with Gasteiger partial charge in [0.25, 0.3) is 0 Å². The van der Waals surface area contributed by atoms with Crippen LogP contribution in [0.3, 0.4) is 0 Å². The van der Waals surface area contributed by atoms with Crippen molar-refractivity contribution in [2.75, 3.05) is 33.2 Å². The molecule has 0 aliphatic carbocycles. The standard InChI is InChI=1S/C17H23N3O2/c1-3-20-12-13(11-19-9-7-18(2)8-10-19)16-14(17(21)22)5-4-6-15(16)20/h4-6,12H,3,7-11H2,1-2H3,(H,21,22). The SMILES string of the molecule is CCn1cc(CN2CCN(C)CC2)c2c(C(=O)O)cccc21. The van der Waals surface area contributed by atoms with Crippen LogP contribution in [0.2, 0.25) is 0 Å². The third kappa shape index (κ3) is 2.74. The second kappa shape index (κ2) is 6.10. The number of aryl methyl sites for hydroxylation is 1. The maximum Gasteiger partial charge on any atom is 0.336 e. The maximum atomic E-state index is 11.6. The molecular weight excluding hydrogens is 278 g/mol. The molecule has 1 aromatic carbocycles. The highest BCUT2D eigenvalue weighted by Gasteiger charge is 2.19. The molecule has 1 aliphatic heterocycles. The van der Waals surface area contributed by atoms with Gasteiger partial charge in [-0.1, -0.05) is 6.07 Å². The molecule has 5 nitrogen and oxygen atoms in total. The highest BCUT2D eigenvalue weighted by atomic mass is 16.4. The Labute approximate surface area is 130 Å². The Morgan fingerprint density at radius 2 is 1.95 bits per heavy atom. The molecule has 0 amide bonds. The van der Waals surface area contributed by atoms with Gasteiger partial charge in [-0.15, -0.1) is 0 Å². The summed E-state index contributed by atoms with van der Waals surface area (Å²) < 4.78 is 2.15. The molecule has 1 aromatic heterocycles. The fourth-order valence-electron chi connectivity index (χ4n) is 3.25. The molecule has 2 aromatic rings. The normalized spacial score (nSPS) is 17.2. The fraction of sp³-hybridized carbons (Fsp3) is 0.471. The summed E-state index contributed by atoms with van der Waals surface area (Å²) in [5, 5.41) is 10.4. The first-order valence-corrected chi connectivity index (χ1v) is 7.85. The minimum atomic E-state index is -0.848. The molecule has 0 unspecified atom stereocenters. The van der Waals surface area contributed by atoms with Gasteiger partial charge in [-0.3, -0.25) is 4.90 Å². The summed E-state index contributed by atoms with van der Waals surface area (Å²) in [4.78, 5) is 16.3. The number of fused-ring (bicyclic) bond motifs is 1. The number of aromatic carboxylic acids is 1. The summed E-state index contributed by atoms with van der Waals surface area (Å²) in [6.45, 7) is 7.96. The van der Waals surface area contributed by atoms with Crippen molar-refractivity contribution in [3.63, 3.8) is 0 Å². The van der Waals surface area contributed by atoms with Crippen LogP contribution < -0.4 is 0 Å². The highest BCUT2D eigenvalue weighted by Crippen LogP contribution is 2.27. The smallest absolute Gasteiger partial charge is 0.336 e. The van der Waals surface area contributed by atoms with Gasteiger partial charge in [0.2, 0.25) is 0 Å². The van der Waals surface area contributed by atoms with Crippen LogP contribution in [-0.2, 0) is 13.1 Å². The van der Waals surface area contributed by atoms with E-state index in [0.29, 0.717) is 5.56 Å². The second-order valence-electron chi connectivity index (χ2n) is 6.02. The van der Waals surface area contributed by atoms with Crippen molar-refractivity contribution < 1.29 is 9.90 Å². The lowest BCUT2D eigenvalue weighted by atomic mass is 10.1. The first kappa shape index (κ1) is 15.1. The summed E-state index contributed by atoms with van der Waals surface area (Å²) in [6, 6.07) is 5.55. The number of hydrogen-bond donors (Lipinski definition) is 1. The van der Waals surface area contributed by atoms with Gasteiger partial charge in [0, 0.05) is 56.4 Å². The highest BCUT2D eigenvalue weighted by molar-refractivity contribution is 6.04. The molecule has 0 radical (unpaired) electrons. The van der Waals surface area contributed by atoms with E-state index in [2.05, 4.69) is 34.5 Å². The van der Waals surface area contributed by atoms with Gasteiger partial charge in [-0.2, -0.15) is 0 Å². The first-order valence-electron chi connectivity index (χ1n) is 7.85. The number of piperazine rings is 1. The van der Waals surface area contributed by atoms with E-state index >= 15 is 0 Å². The number of carbonyl (C=O) groups is 1. The van der Waals surface area contributed by atoms with Crippen molar-refractivity contribution in [1.82, 2.24) is 14.4 Å². The van der Waals surface area contributed by atoms with Crippen LogP contribution in [0.25, 0.3) is 10.9 Å². The summed E-state index contributed by atoms with van der Waals surface area (Å²) in [5.74, 6) is -0.848. The van der Waals surface area contributed by atoms with Crippen molar-refractivity contribution in [2.24, 2.45) is 0 Å². The topological polar surface area (TPSA) is 48.7 Å². The molecule has 1 fully saturated rings. The molecule has 1 saturated heterocycles. The molecule has 1 aliphatic rings. The molecule has 0 bridgehead atoms. The number of carboxylic acids is 1. The maximum absolute atomic E-state index is 11.6. The van der Waals surface area contributed by atoms with E-state index < -0.39 is 5.97 Å². The van der Waals surface area contributed by atoms with Crippen LogP contribution in [0.1, 0.15) is 22.8 Å². The predicted octanol–water partition coefficient (Wildman–Crippen LogP) is 2.11. The van der Waals surface area contributed by atoms with Gasteiger partial charge < -0.3 is 14.6 Å². The van der Waals surface area contributed by atoms with Crippen LogP contribution in [0.4, 0.5) is 0 Å². The average Bonchev–Trinajstić information content (AvgIpc) is 2.87. The Kier molecular flexibility index (Phi) is 4.18. The lowest BCUT2D eigenvalue weighted by Crippen LogP contribution is -2.43. The van der Waals surface area contributed by atoms with Gasteiger partial charge in [0.1, 0.15) is 0 Å². The number of likely N-dealkylation sites (N-methyl/N-ethyl adjacent to an activating group) is 1. The zero-order chi connectivity index (χ0) is 15.7. The van der Waals surface area contributed by atoms with Gasteiger partial charge in [0.15, 0.2) is 0 Å². The van der Waals surface area contributed by atoms with Crippen LogP contribution in [0.5, 0.6) is 0 Å². The molecule has 1 N–H and O–H groups in total. The van der Waals surface area contributed by atoms with Crippen molar-refractivity contribution in [3.8, 4) is 0 Å². The van der Waals surface area contributed by atoms with E-state index in [4.69, 9.17) is 0 Å². The Morgan fingerprint density at radius 1 is 1.23 bits per heavy atom. The minimum Gasteiger partial charge on any atom is -0.478 e. The van der Waals surface area contributed by atoms with E-state index in [-0.39, 0.29) is 0 Å². The molecular formula is C17H23N3O2. The molecule has 22 heavy (non-hydrogen) atoms. The Hall–Kier alpha value is -1.85. The quantitative estimate of drug-likeness (QED) is 0.939. The van der Waals surface area contributed by atoms with Gasteiger partial charge in [-0.25, -0.2) is 4.79 Å². The Bertz CT molecular complexity index is 685. The molecule has 118 valence electrons. The molecule has 2 heterocycles. The van der Waals surface area contributed by atoms with Gasteiger partial charge in [0.05, 0.1) is 5.56 Å². The lowest BCUT2D eigenvalue weighted by molar-refractivity contribution is 0.0699. The second-order valence-corrected chi connectivity index (χ2v) is 6.02. The number of nitrogens with zero attached hydrogens (tertiary/aromatic N) is 3. The summed E-state index contributed by atoms with van der Waals surface area (Å²) in [6.07, 6.45) is 2.12. The van der Waals surface area contributed by atoms with E-state index in [0.717, 1.165) is 55.7 Å². The summed E-state index contributed by atoms with van der Waals surface area (Å²) >= 11 is 0. The average molecular weight is 301 g/mol.